The first-order valence-electron chi connectivity index (χ1n) is 10.9. The number of fused-ring (bicyclic) bond motifs is 1. The molecule has 2 amide bonds. The van der Waals surface area contributed by atoms with Gasteiger partial charge in [-0.05, 0) is 66.8 Å². The zero-order valence-electron chi connectivity index (χ0n) is 19.1. The second kappa shape index (κ2) is 9.20. The van der Waals surface area contributed by atoms with Crippen molar-refractivity contribution in [1.82, 2.24) is 10.1 Å². The van der Waals surface area contributed by atoms with Crippen LogP contribution in [0.2, 0.25) is 0 Å². The average molecular weight is 507 g/mol. The molecule has 8 nitrogen and oxygen atoms in total. The Kier molecular flexibility index (Phi) is 6.08. The van der Waals surface area contributed by atoms with Gasteiger partial charge in [0.2, 0.25) is 11.7 Å². The van der Waals surface area contributed by atoms with Crippen molar-refractivity contribution in [2.75, 3.05) is 15.5 Å². The number of benzene rings is 3. The van der Waals surface area contributed by atoms with E-state index in [4.69, 9.17) is 4.52 Å². The maximum Gasteiger partial charge on any atom is 0.343 e. The number of carbonyl (C=O) groups is 1. The Morgan fingerprint density at radius 1 is 0.971 bits per heavy atom. The quantitative estimate of drug-likeness (QED) is 0.325. The summed E-state index contributed by atoms with van der Waals surface area (Å²) in [7, 11) is -4.10. The van der Waals surface area contributed by atoms with Gasteiger partial charge in [-0.25, -0.2) is 13.2 Å². The van der Waals surface area contributed by atoms with Gasteiger partial charge in [0.1, 0.15) is 11.4 Å². The average Bonchev–Trinajstić information content (AvgIpc) is 3.36. The lowest BCUT2D eigenvalue weighted by Crippen LogP contribution is -2.50. The fourth-order valence-electron chi connectivity index (χ4n) is 3.89. The minimum Gasteiger partial charge on any atom is -0.337 e. The van der Waals surface area contributed by atoms with Gasteiger partial charge in [0.05, 0.1) is 11.4 Å². The number of amides is 2. The number of rotatable bonds is 6. The molecular formula is C25H22N4O4S2. The summed E-state index contributed by atoms with van der Waals surface area (Å²) >= 11 is 1.63. The third kappa shape index (κ3) is 4.19. The zero-order valence-corrected chi connectivity index (χ0v) is 20.7. The number of hydrogen-bond acceptors (Lipinski definition) is 7. The molecule has 0 aliphatic carbocycles. The summed E-state index contributed by atoms with van der Waals surface area (Å²) in [6.07, 6.45) is 2.80. The number of sulfonamides is 1. The first kappa shape index (κ1) is 23.1. The molecule has 5 rings (SSSR count). The molecule has 0 unspecified atom stereocenters. The largest absolute Gasteiger partial charge is 0.343 e. The van der Waals surface area contributed by atoms with Crippen LogP contribution in [0.1, 0.15) is 18.4 Å². The van der Waals surface area contributed by atoms with Gasteiger partial charge in [-0.2, -0.15) is 9.29 Å². The fourth-order valence-corrected chi connectivity index (χ4v) is 5.89. The van der Waals surface area contributed by atoms with Crippen LogP contribution in [0.15, 0.2) is 87.1 Å². The van der Waals surface area contributed by atoms with Crippen LogP contribution in [0.4, 0.5) is 16.2 Å². The lowest BCUT2D eigenvalue weighted by Gasteiger charge is -2.35. The maximum atomic E-state index is 13.6. The Morgan fingerprint density at radius 3 is 2.37 bits per heavy atom. The number of urea groups is 1. The molecule has 0 fully saturated rings. The summed E-state index contributed by atoms with van der Waals surface area (Å²) in [5.41, 5.74) is 2.36. The molecule has 0 saturated carbocycles. The molecule has 0 radical (unpaired) electrons. The second-order valence-corrected chi connectivity index (χ2v) is 10.5. The fraction of sp³-hybridized carbons (Fsp3) is 0.160. The van der Waals surface area contributed by atoms with Crippen molar-refractivity contribution in [3.05, 3.63) is 84.3 Å². The van der Waals surface area contributed by atoms with Gasteiger partial charge in [0.25, 0.3) is 10.0 Å². The predicted octanol–water partition coefficient (Wildman–Crippen LogP) is 5.36. The van der Waals surface area contributed by atoms with E-state index < -0.39 is 16.1 Å². The van der Waals surface area contributed by atoms with Crippen LogP contribution in [0.25, 0.3) is 11.4 Å². The van der Waals surface area contributed by atoms with E-state index in [1.54, 1.807) is 42.1 Å². The highest BCUT2D eigenvalue weighted by Crippen LogP contribution is 2.38. The van der Waals surface area contributed by atoms with E-state index in [1.807, 2.05) is 49.6 Å². The van der Waals surface area contributed by atoms with Crippen LogP contribution < -0.4 is 9.21 Å². The molecular weight excluding hydrogens is 484 g/mol. The van der Waals surface area contributed by atoms with Crippen LogP contribution in [0.3, 0.4) is 0 Å². The van der Waals surface area contributed by atoms with Crippen LogP contribution in [0, 0.1) is 0 Å². The van der Waals surface area contributed by atoms with Crippen molar-refractivity contribution in [3.63, 3.8) is 0 Å². The minimum absolute atomic E-state index is 0.0339. The minimum atomic E-state index is -4.10. The Labute approximate surface area is 207 Å². The summed E-state index contributed by atoms with van der Waals surface area (Å²) in [6, 6.07) is 20.3. The number of thioether (sulfide) groups is 1. The molecule has 2 heterocycles. The molecule has 35 heavy (non-hydrogen) atoms. The standard InChI is InChI=1S/C25H22N4O4S2/c1-3-17-8-12-19(13-9-17)29-25(30)28(21-6-4-5-7-22(21)35(29,31)32)16-23-26-24(27-33-23)18-10-14-20(34-2)15-11-18/h4-15H,3,16H2,1-2H3. The molecule has 10 heteroatoms. The molecule has 0 saturated heterocycles. The van der Waals surface area contributed by atoms with E-state index in [1.165, 1.54) is 11.0 Å². The molecule has 3 aromatic carbocycles. The monoisotopic (exact) mass is 506 g/mol. The summed E-state index contributed by atoms with van der Waals surface area (Å²) in [6.45, 7) is 1.93. The summed E-state index contributed by atoms with van der Waals surface area (Å²) in [4.78, 5) is 20.5. The Morgan fingerprint density at radius 2 is 1.69 bits per heavy atom. The van der Waals surface area contributed by atoms with E-state index in [-0.39, 0.29) is 28.7 Å². The lowest BCUT2D eigenvalue weighted by molar-refractivity contribution is 0.252. The highest BCUT2D eigenvalue weighted by Gasteiger charge is 2.43. The number of anilines is 2. The van der Waals surface area contributed by atoms with E-state index in [0.717, 1.165) is 26.7 Å². The number of para-hydroxylation sites is 1. The van der Waals surface area contributed by atoms with Crippen molar-refractivity contribution in [1.29, 1.82) is 0 Å². The van der Waals surface area contributed by atoms with Gasteiger partial charge < -0.3 is 4.52 Å². The van der Waals surface area contributed by atoms with E-state index >= 15 is 0 Å². The topological polar surface area (TPSA) is 96.6 Å². The number of aromatic nitrogens is 2. The molecule has 178 valence electrons. The molecule has 1 aliphatic rings. The number of carbonyl (C=O) groups excluding carboxylic acids is 1. The number of nitrogens with zero attached hydrogens (tertiary/aromatic N) is 4. The molecule has 0 N–H and O–H groups in total. The van der Waals surface area contributed by atoms with Gasteiger partial charge in [0.15, 0.2) is 0 Å². The van der Waals surface area contributed by atoms with E-state index in [9.17, 15) is 13.2 Å². The first-order valence-corrected chi connectivity index (χ1v) is 13.6. The molecule has 1 aromatic heterocycles. The SMILES string of the molecule is CCc1ccc(N2C(=O)N(Cc3nc(-c4ccc(SC)cc4)no3)c3ccccc3S2(=O)=O)cc1. The molecule has 0 atom stereocenters. The lowest BCUT2D eigenvalue weighted by atomic mass is 10.1. The highest BCUT2D eigenvalue weighted by molar-refractivity contribution is 7.98. The van der Waals surface area contributed by atoms with Crippen LogP contribution in [-0.2, 0) is 23.0 Å². The molecule has 1 aliphatic heterocycles. The maximum absolute atomic E-state index is 13.6. The Bertz CT molecular complexity index is 1480. The van der Waals surface area contributed by atoms with Gasteiger partial charge in [-0.3, -0.25) is 4.90 Å². The van der Waals surface area contributed by atoms with Gasteiger partial charge in [-0.15, -0.1) is 11.8 Å². The van der Waals surface area contributed by atoms with Crippen molar-refractivity contribution >= 4 is 39.2 Å². The van der Waals surface area contributed by atoms with Gasteiger partial charge >= 0.3 is 6.03 Å². The molecule has 0 bridgehead atoms. The Hall–Kier alpha value is -3.63. The zero-order chi connectivity index (χ0) is 24.6. The summed E-state index contributed by atoms with van der Waals surface area (Å²) in [5, 5.41) is 4.05. The van der Waals surface area contributed by atoms with Gasteiger partial charge in [0, 0.05) is 10.5 Å². The second-order valence-electron chi connectivity index (χ2n) is 7.87. The molecule has 0 spiro atoms. The third-order valence-electron chi connectivity index (χ3n) is 5.77. The van der Waals surface area contributed by atoms with E-state index in [0.29, 0.717) is 5.82 Å². The number of hydrogen-bond donors (Lipinski definition) is 0. The van der Waals surface area contributed by atoms with Crippen molar-refractivity contribution in [3.8, 4) is 11.4 Å². The normalized spacial score (nSPS) is 14.7. The summed E-state index contributed by atoms with van der Waals surface area (Å²) in [5.74, 6) is 0.586. The number of aryl methyl sites for hydroxylation is 1. The summed E-state index contributed by atoms with van der Waals surface area (Å²) < 4.78 is 33.1. The van der Waals surface area contributed by atoms with Crippen LogP contribution in [-0.4, -0.2) is 30.8 Å². The van der Waals surface area contributed by atoms with Crippen molar-refractivity contribution in [2.24, 2.45) is 0 Å². The van der Waals surface area contributed by atoms with Crippen molar-refractivity contribution < 1.29 is 17.7 Å². The highest BCUT2D eigenvalue weighted by atomic mass is 32.2. The van der Waals surface area contributed by atoms with E-state index in [2.05, 4.69) is 10.1 Å². The third-order valence-corrected chi connectivity index (χ3v) is 8.26. The first-order chi connectivity index (χ1) is 16.9. The van der Waals surface area contributed by atoms with Crippen LogP contribution in [0.5, 0.6) is 0 Å². The van der Waals surface area contributed by atoms with Crippen molar-refractivity contribution in [2.45, 2.75) is 29.7 Å². The van der Waals surface area contributed by atoms with Gasteiger partial charge in [-0.1, -0.05) is 36.3 Å². The molecule has 4 aromatic rings. The van der Waals surface area contributed by atoms with Crippen LogP contribution >= 0.6 is 11.8 Å². The predicted molar refractivity (Wildman–Crippen MR) is 135 cm³/mol. The smallest absolute Gasteiger partial charge is 0.337 e. The Balaban J connectivity index is 1.52.